The molecule has 0 radical (unpaired) electrons. The Morgan fingerprint density at radius 3 is 1.78 bits per heavy atom. The van der Waals surface area contributed by atoms with Crippen molar-refractivity contribution >= 4 is 21.8 Å². The summed E-state index contributed by atoms with van der Waals surface area (Å²) in [5.74, 6) is -0.170. The van der Waals surface area contributed by atoms with Gasteiger partial charge in [0.15, 0.2) is 0 Å². The van der Waals surface area contributed by atoms with Gasteiger partial charge >= 0.3 is 0 Å². The van der Waals surface area contributed by atoms with Gasteiger partial charge < -0.3 is 4.57 Å². The zero-order valence-electron chi connectivity index (χ0n) is 13.5. The van der Waals surface area contributed by atoms with Crippen LogP contribution in [-0.4, -0.2) is 4.57 Å². The summed E-state index contributed by atoms with van der Waals surface area (Å²) in [6.45, 7) is 5.99. The molecule has 1 nitrogen and oxygen atoms in total. The summed E-state index contributed by atoms with van der Waals surface area (Å²) >= 11 is 0. The highest BCUT2D eigenvalue weighted by molar-refractivity contribution is 6.09. The Hall–Kier alpha value is -2.61. The number of hydrogen-bond acceptors (Lipinski definition) is 0. The van der Waals surface area contributed by atoms with Crippen LogP contribution in [0.15, 0.2) is 54.6 Å². The van der Waals surface area contributed by atoms with E-state index in [1.807, 2.05) is 12.1 Å². The summed E-state index contributed by atoms with van der Waals surface area (Å²) in [5, 5.41) is 2.43. The minimum atomic E-state index is -0.170. The SMILES string of the molecule is Cc1ccc2c(c1)c1cc(C)ccc1n2-c1ccc(C)c(F)c1. The van der Waals surface area contributed by atoms with E-state index in [1.54, 1.807) is 13.0 Å². The molecule has 114 valence electrons. The van der Waals surface area contributed by atoms with Crippen LogP contribution in [0.3, 0.4) is 0 Å². The summed E-state index contributed by atoms with van der Waals surface area (Å²) in [4.78, 5) is 0. The highest BCUT2D eigenvalue weighted by atomic mass is 19.1. The molecule has 0 unspecified atom stereocenters. The predicted octanol–water partition coefficient (Wildman–Crippen LogP) is 5.85. The number of aryl methyl sites for hydroxylation is 3. The number of benzene rings is 3. The highest BCUT2D eigenvalue weighted by Crippen LogP contribution is 2.33. The average Bonchev–Trinajstić information content (AvgIpc) is 2.83. The van der Waals surface area contributed by atoms with Crippen molar-refractivity contribution in [2.45, 2.75) is 20.8 Å². The Morgan fingerprint density at radius 1 is 0.696 bits per heavy atom. The van der Waals surface area contributed by atoms with Crippen molar-refractivity contribution in [3.05, 3.63) is 77.1 Å². The standard InChI is InChI=1S/C21H18FN/c1-13-4-8-20-17(10-13)18-11-14(2)5-9-21(18)23(20)16-7-6-15(3)19(22)12-16/h4-12H,1-3H3. The lowest BCUT2D eigenvalue weighted by Crippen LogP contribution is -1.95. The van der Waals surface area contributed by atoms with E-state index in [-0.39, 0.29) is 5.82 Å². The predicted molar refractivity (Wildman–Crippen MR) is 95.0 cm³/mol. The van der Waals surface area contributed by atoms with Crippen LogP contribution >= 0.6 is 0 Å². The van der Waals surface area contributed by atoms with Gasteiger partial charge in [-0.05, 0) is 62.7 Å². The molecule has 4 rings (SSSR count). The molecule has 0 saturated carbocycles. The molecule has 0 amide bonds. The van der Waals surface area contributed by atoms with Crippen LogP contribution in [-0.2, 0) is 0 Å². The van der Waals surface area contributed by atoms with Crippen molar-refractivity contribution in [1.29, 1.82) is 0 Å². The third-order valence-electron chi connectivity index (χ3n) is 4.49. The molecule has 0 aliphatic heterocycles. The van der Waals surface area contributed by atoms with E-state index in [1.165, 1.54) is 21.9 Å². The largest absolute Gasteiger partial charge is 0.309 e. The Balaban J connectivity index is 2.17. The monoisotopic (exact) mass is 303 g/mol. The van der Waals surface area contributed by atoms with Crippen LogP contribution in [0, 0.1) is 26.6 Å². The number of fused-ring (bicyclic) bond motifs is 3. The van der Waals surface area contributed by atoms with Crippen LogP contribution in [0.2, 0.25) is 0 Å². The van der Waals surface area contributed by atoms with Crippen molar-refractivity contribution in [2.24, 2.45) is 0 Å². The van der Waals surface area contributed by atoms with Gasteiger partial charge in [0.25, 0.3) is 0 Å². The zero-order valence-corrected chi connectivity index (χ0v) is 13.5. The Morgan fingerprint density at radius 2 is 1.26 bits per heavy atom. The molecule has 0 spiro atoms. The van der Waals surface area contributed by atoms with Crippen molar-refractivity contribution in [2.75, 3.05) is 0 Å². The van der Waals surface area contributed by atoms with Gasteiger partial charge in [-0.15, -0.1) is 0 Å². The first-order valence-corrected chi connectivity index (χ1v) is 7.82. The third-order valence-corrected chi connectivity index (χ3v) is 4.49. The van der Waals surface area contributed by atoms with E-state index in [4.69, 9.17) is 0 Å². The minimum Gasteiger partial charge on any atom is -0.309 e. The molecule has 1 aromatic heterocycles. The smallest absolute Gasteiger partial charge is 0.128 e. The fourth-order valence-corrected chi connectivity index (χ4v) is 3.25. The Bertz CT molecular complexity index is 997. The normalized spacial score (nSPS) is 11.5. The highest BCUT2D eigenvalue weighted by Gasteiger charge is 2.13. The maximum atomic E-state index is 14.1. The Labute approximate surface area is 135 Å². The van der Waals surface area contributed by atoms with E-state index in [2.05, 4.69) is 54.8 Å². The topological polar surface area (TPSA) is 4.93 Å². The van der Waals surface area contributed by atoms with E-state index in [0.717, 1.165) is 16.7 Å². The molecule has 0 bridgehead atoms. The van der Waals surface area contributed by atoms with Crippen molar-refractivity contribution in [3.8, 4) is 5.69 Å². The van der Waals surface area contributed by atoms with Crippen LogP contribution in [0.4, 0.5) is 4.39 Å². The number of halogens is 1. The fourth-order valence-electron chi connectivity index (χ4n) is 3.25. The maximum Gasteiger partial charge on any atom is 0.128 e. The van der Waals surface area contributed by atoms with E-state index in [9.17, 15) is 4.39 Å². The van der Waals surface area contributed by atoms with E-state index in [0.29, 0.717) is 5.56 Å². The van der Waals surface area contributed by atoms with Crippen molar-refractivity contribution in [1.82, 2.24) is 4.57 Å². The summed E-state index contributed by atoms with van der Waals surface area (Å²) in [7, 11) is 0. The molecule has 0 aliphatic carbocycles. The molecule has 2 heteroatoms. The molecule has 0 atom stereocenters. The second kappa shape index (κ2) is 4.95. The van der Waals surface area contributed by atoms with Crippen LogP contribution in [0.5, 0.6) is 0 Å². The van der Waals surface area contributed by atoms with E-state index < -0.39 is 0 Å². The van der Waals surface area contributed by atoms with Gasteiger partial charge in [-0.3, -0.25) is 0 Å². The van der Waals surface area contributed by atoms with Gasteiger partial charge in [0.1, 0.15) is 5.82 Å². The second-order valence-electron chi connectivity index (χ2n) is 6.31. The first kappa shape index (κ1) is 14.0. The van der Waals surface area contributed by atoms with Gasteiger partial charge in [0.05, 0.1) is 11.0 Å². The number of hydrogen-bond donors (Lipinski definition) is 0. The van der Waals surface area contributed by atoms with Gasteiger partial charge in [-0.1, -0.05) is 29.3 Å². The third kappa shape index (κ3) is 2.14. The maximum absolute atomic E-state index is 14.1. The van der Waals surface area contributed by atoms with Gasteiger partial charge in [0, 0.05) is 16.5 Å². The molecule has 4 aromatic rings. The molecule has 1 heterocycles. The van der Waals surface area contributed by atoms with E-state index >= 15 is 0 Å². The molecule has 0 saturated heterocycles. The number of nitrogens with zero attached hydrogens (tertiary/aromatic N) is 1. The summed E-state index contributed by atoms with van der Waals surface area (Å²) < 4.78 is 16.2. The molecule has 3 aromatic carbocycles. The number of rotatable bonds is 1. The molecule has 0 aliphatic rings. The second-order valence-corrected chi connectivity index (χ2v) is 6.31. The Kier molecular flexibility index (Phi) is 3.02. The minimum absolute atomic E-state index is 0.170. The number of aromatic nitrogens is 1. The molecular formula is C21H18FN. The van der Waals surface area contributed by atoms with Gasteiger partial charge in [-0.2, -0.15) is 0 Å². The average molecular weight is 303 g/mol. The summed E-state index contributed by atoms with van der Waals surface area (Å²) in [6.07, 6.45) is 0. The first-order valence-electron chi connectivity index (χ1n) is 7.82. The summed E-state index contributed by atoms with van der Waals surface area (Å²) in [5.41, 5.74) is 6.21. The van der Waals surface area contributed by atoms with Gasteiger partial charge in [0.2, 0.25) is 0 Å². The first-order chi connectivity index (χ1) is 11.0. The molecule has 23 heavy (non-hydrogen) atoms. The lowest BCUT2D eigenvalue weighted by atomic mass is 10.1. The molecular weight excluding hydrogens is 285 g/mol. The fraction of sp³-hybridized carbons (Fsp3) is 0.143. The van der Waals surface area contributed by atoms with Crippen molar-refractivity contribution in [3.63, 3.8) is 0 Å². The lowest BCUT2D eigenvalue weighted by molar-refractivity contribution is 0.617. The zero-order chi connectivity index (χ0) is 16.1. The van der Waals surface area contributed by atoms with Crippen LogP contribution in [0.25, 0.3) is 27.5 Å². The van der Waals surface area contributed by atoms with Crippen LogP contribution < -0.4 is 0 Å². The quantitative estimate of drug-likeness (QED) is 0.416. The molecule has 0 fully saturated rings. The molecule has 0 N–H and O–H groups in total. The van der Waals surface area contributed by atoms with Gasteiger partial charge in [-0.25, -0.2) is 4.39 Å². The van der Waals surface area contributed by atoms with Crippen LogP contribution in [0.1, 0.15) is 16.7 Å². The lowest BCUT2D eigenvalue weighted by Gasteiger charge is -2.09. The summed E-state index contributed by atoms with van der Waals surface area (Å²) in [6, 6.07) is 18.3. The van der Waals surface area contributed by atoms with Crippen molar-refractivity contribution < 1.29 is 4.39 Å².